The number of amides is 1. The fourth-order valence-electron chi connectivity index (χ4n) is 2.31. The summed E-state index contributed by atoms with van der Waals surface area (Å²) < 4.78 is 0. The van der Waals surface area contributed by atoms with E-state index in [0.29, 0.717) is 0 Å². The molecule has 146 valence electrons. The van der Waals surface area contributed by atoms with Gasteiger partial charge >= 0.3 is 0 Å². The Morgan fingerprint density at radius 1 is 1.07 bits per heavy atom. The second kappa shape index (κ2) is 7.98. The molecule has 1 unspecified atom stereocenters. The highest BCUT2D eigenvalue weighted by atomic mass is 16.3. The summed E-state index contributed by atoms with van der Waals surface area (Å²) in [6.45, 7) is 5.85. The number of aromatic nitrogens is 2. The Kier molecular flexibility index (Phi) is 5.94. The smallest absolute Gasteiger partial charge is 0.288 e. The van der Waals surface area contributed by atoms with Crippen LogP contribution in [-0.2, 0) is 0 Å². The molecule has 0 radical (unpaired) electrons. The molecule has 0 aliphatic heterocycles. The van der Waals surface area contributed by atoms with Crippen LogP contribution in [0.3, 0.4) is 0 Å². The van der Waals surface area contributed by atoms with E-state index in [1.165, 1.54) is 17.0 Å². The lowest BCUT2D eigenvalue weighted by molar-refractivity contribution is 0.0824. The van der Waals surface area contributed by atoms with Gasteiger partial charge in [0, 0.05) is 20.1 Å². The maximum Gasteiger partial charge on any atom is 0.288 e. The zero-order chi connectivity index (χ0) is 20.3. The van der Waals surface area contributed by atoms with Gasteiger partial charge in [0.25, 0.3) is 17.0 Å². The second-order valence-corrected chi connectivity index (χ2v) is 6.86. The van der Waals surface area contributed by atoms with E-state index in [1.54, 1.807) is 20.2 Å². The van der Waals surface area contributed by atoms with Crippen molar-refractivity contribution < 1.29 is 9.90 Å². The van der Waals surface area contributed by atoms with Crippen molar-refractivity contribution >= 4 is 23.0 Å². The molecule has 0 saturated carbocycles. The normalized spacial score (nSPS) is 11.9. The Balaban J connectivity index is 2.51. The highest BCUT2D eigenvalue weighted by Gasteiger charge is 2.20. The Morgan fingerprint density at radius 3 is 2.22 bits per heavy atom. The van der Waals surface area contributed by atoms with E-state index in [9.17, 15) is 19.5 Å². The molecule has 9 heteroatoms. The standard InChI is InChI=1S/C18H25N5O4/c1-9(2)10(3)19-13-14(17(26)22-21-16(13)25)20-12-8-6-7-11(15(12)24)18(27)23(4)5/h6-10,24H,1-5H3,(H2,19,22,26)(H2,20,21,25). The molecule has 2 aromatic rings. The summed E-state index contributed by atoms with van der Waals surface area (Å²) in [4.78, 5) is 38.1. The maximum absolute atomic E-state index is 12.3. The topological polar surface area (TPSA) is 130 Å². The van der Waals surface area contributed by atoms with Crippen molar-refractivity contribution in [3.8, 4) is 5.75 Å². The third-order valence-corrected chi connectivity index (χ3v) is 4.30. The van der Waals surface area contributed by atoms with Crippen molar-refractivity contribution in [1.82, 2.24) is 15.1 Å². The summed E-state index contributed by atoms with van der Waals surface area (Å²) in [7, 11) is 3.14. The summed E-state index contributed by atoms with van der Waals surface area (Å²) in [5.74, 6) is -0.479. The number of phenolic OH excluding ortho intramolecular Hbond substituents is 1. The van der Waals surface area contributed by atoms with E-state index in [-0.39, 0.29) is 46.2 Å². The number of anilines is 3. The number of hydrogen-bond donors (Lipinski definition) is 5. The minimum absolute atomic E-state index is 0.0454. The Labute approximate surface area is 156 Å². The number of benzene rings is 1. The molecular formula is C18H25N5O4. The van der Waals surface area contributed by atoms with Gasteiger partial charge in [0.1, 0.15) is 11.4 Å². The molecule has 0 aliphatic carbocycles. The fourth-order valence-corrected chi connectivity index (χ4v) is 2.31. The number of rotatable bonds is 6. The van der Waals surface area contributed by atoms with E-state index >= 15 is 0 Å². The van der Waals surface area contributed by atoms with Crippen LogP contribution in [0, 0.1) is 5.92 Å². The molecule has 1 aromatic heterocycles. The van der Waals surface area contributed by atoms with Crippen LogP contribution in [0.25, 0.3) is 0 Å². The first-order chi connectivity index (χ1) is 12.6. The van der Waals surface area contributed by atoms with E-state index < -0.39 is 11.1 Å². The van der Waals surface area contributed by atoms with Crippen LogP contribution >= 0.6 is 0 Å². The summed E-state index contributed by atoms with van der Waals surface area (Å²) in [5, 5.41) is 20.8. The van der Waals surface area contributed by atoms with Gasteiger partial charge in [0.15, 0.2) is 5.75 Å². The first kappa shape index (κ1) is 20.1. The van der Waals surface area contributed by atoms with Gasteiger partial charge in [-0.1, -0.05) is 19.9 Å². The number of H-pyrrole nitrogens is 2. The molecule has 1 aromatic carbocycles. The minimum Gasteiger partial charge on any atom is -0.505 e. The van der Waals surface area contributed by atoms with Crippen LogP contribution in [0.4, 0.5) is 17.1 Å². The van der Waals surface area contributed by atoms with Crippen LogP contribution in [0.15, 0.2) is 27.8 Å². The summed E-state index contributed by atoms with van der Waals surface area (Å²) in [5.41, 5.74) is -0.850. The molecule has 0 spiro atoms. The van der Waals surface area contributed by atoms with Crippen molar-refractivity contribution in [3.63, 3.8) is 0 Å². The molecule has 5 N–H and O–H groups in total. The molecule has 1 heterocycles. The first-order valence-corrected chi connectivity index (χ1v) is 8.55. The Morgan fingerprint density at radius 2 is 1.67 bits per heavy atom. The van der Waals surface area contributed by atoms with Gasteiger partial charge in [-0.3, -0.25) is 24.6 Å². The zero-order valence-electron chi connectivity index (χ0n) is 16.0. The van der Waals surface area contributed by atoms with Gasteiger partial charge in [-0.25, -0.2) is 0 Å². The average molecular weight is 375 g/mol. The molecule has 27 heavy (non-hydrogen) atoms. The van der Waals surface area contributed by atoms with E-state index in [4.69, 9.17) is 0 Å². The molecule has 2 rings (SSSR count). The van der Waals surface area contributed by atoms with Crippen molar-refractivity contribution in [1.29, 1.82) is 0 Å². The maximum atomic E-state index is 12.3. The van der Waals surface area contributed by atoms with Crippen LogP contribution < -0.4 is 21.8 Å². The minimum atomic E-state index is -0.572. The number of aromatic hydroxyl groups is 1. The second-order valence-electron chi connectivity index (χ2n) is 6.86. The van der Waals surface area contributed by atoms with Gasteiger partial charge < -0.3 is 20.6 Å². The SMILES string of the molecule is CC(C)C(C)Nc1c(Nc2cccc(C(=O)N(C)C)c2O)c(=O)[nH][nH]c1=O. The van der Waals surface area contributed by atoms with Gasteiger partial charge in [0.05, 0.1) is 11.3 Å². The van der Waals surface area contributed by atoms with E-state index in [1.807, 2.05) is 20.8 Å². The predicted octanol–water partition coefficient (Wildman–Crippen LogP) is 1.67. The zero-order valence-corrected chi connectivity index (χ0v) is 16.0. The molecule has 0 fully saturated rings. The lowest BCUT2D eigenvalue weighted by atomic mass is 10.1. The molecular weight excluding hydrogens is 350 g/mol. The van der Waals surface area contributed by atoms with Crippen molar-refractivity contribution in [2.45, 2.75) is 26.8 Å². The van der Waals surface area contributed by atoms with E-state index in [0.717, 1.165) is 0 Å². The lowest BCUT2D eigenvalue weighted by Gasteiger charge is -2.20. The van der Waals surface area contributed by atoms with E-state index in [2.05, 4.69) is 20.8 Å². The molecule has 1 atom stereocenters. The lowest BCUT2D eigenvalue weighted by Crippen LogP contribution is -2.31. The summed E-state index contributed by atoms with van der Waals surface area (Å²) >= 11 is 0. The number of carbonyl (C=O) groups is 1. The van der Waals surface area contributed by atoms with Crippen molar-refractivity contribution in [3.05, 3.63) is 44.5 Å². The molecule has 9 nitrogen and oxygen atoms in total. The summed E-state index contributed by atoms with van der Waals surface area (Å²) in [6, 6.07) is 4.48. The first-order valence-electron chi connectivity index (χ1n) is 8.55. The number of phenols is 1. The highest BCUT2D eigenvalue weighted by Crippen LogP contribution is 2.31. The molecule has 0 saturated heterocycles. The van der Waals surface area contributed by atoms with Gasteiger partial charge in [-0.05, 0) is 25.0 Å². The predicted molar refractivity (Wildman–Crippen MR) is 105 cm³/mol. The van der Waals surface area contributed by atoms with Gasteiger partial charge in [0.2, 0.25) is 0 Å². The van der Waals surface area contributed by atoms with Crippen LogP contribution in [-0.4, -0.2) is 46.2 Å². The monoisotopic (exact) mass is 375 g/mol. The molecule has 1 amide bonds. The third-order valence-electron chi connectivity index (χ3n) is 4.30. The Hall–Kier alpha value is -3.23. The highest BCUT2D eigenvalue weighted by molar-refractivity contribution is 5.98. The van der Waals surface area contributed by atoms with Crippen LogP contribution in [0.5, 0.6) is 5.75 Å². The third kappa shape index (κ3) is 4.30. The number of hydrogen-bond acceptors (Lipinski definition) is 6. The number of nitrogens with zero attached hydrogens (tertiary/aromatic N) is 1. The number of carbonyl (C=O) groups excluding carboxylic acids is 1. The number of para-hydroxylation sites is 1. The average Bonchev–Trinajstić information content (AvgIpc) is 2.61. The quantitative estimate of drug-likeness (QED) is 0.488. The molecule has 0 aliphatic rings. The summed E-state index contributed by atoms with van der Waals surface area (Å²) in [6.07, 6.45) is 0. The number of aromatic amines is 2. The van der Waals surface area contributed by atoms with Gasteiger partial charge in [-0.15, -0.1) is 0 Å². The Bertz CT molecular complexity index is 945. The molecule has 0 bridgehead atoms. The van der Waals surface area contributed by atoms with Gasteiger partial charge in [-0.2, -0.15) is 0 Å². The largest absolute Gasteiger partial charge is 0.505 e. The fraction of sp³-hybridized carbons (Fsp3) is 0.389. The number of nitrogens with one attached hydrogen (secondary N) is 4. The van der Waals surface area contributed by atoms with Crippen LogP contribution in [0.1, 0.15) is 31.1 Å². The van der Waals surface area contributed by atoms with Crippen molar-refractivity contribution in [2.24, 2.45) is 5.92 Å². The van der Waals surface area contributed by atoms with Crippen molar-refractivity contribution in [2.75, 3.05) is 24.7 Å². The van der Waals surface area contributed by atoms with Crippen LogP contribution in [0.2, 0.25) is 0 Å².